The van der Waals surface area contributed by atoms with Crippen molar-refractivity contribution < 1.29 is 9.47 Å². The van der Waals surface area contributed by atoms with Gasteiger partial charge in [-0.3, -0.25) is 4.99 Å². The molecule has 1 saturated heterocycles. The van der Waals surface area contributed by atoms with E-state index in [4.69, 9.17) is 9.47 Å². The minimum atomic E-state index is 0.0547. The van der Waals surface area contributed by atoms with Crippen LogP contribution in [0.15, 0.2) is 4.99 Å². The summed E-state index contributed by atoms with van der Waals surface area (Å²) < 4.78 is 10.3. The van der Waals surface area contributed by atoms with Crippen molar-refractivity contribution in [2.24, 2.45) is 10.9 Å². The number of hydrogen-bond donors (Lipinski definition) is 1. The highest BCUT2D eigenvalue weighted by molar-refractivity contribution is 8.14. The maximum Gasteiger partial charge on any atom is 0.156 e. The Bertz CT molecular complexity index is 247. The van der Waals surface area contributed by atoms with E-state index in [9.17, 15) is 0 Å². The lowest BCUT2D eigenvalue weighted by Crippen LogP contribution is -2.29. The Morgan fingerprint density at radius 3 is 2.82 bits per heavy atom. The van der Waals surface area contributed by atoms with Crippen LogP contribution in [0, 0.1) is 5.92 Å². The summed E-state index contributed by atoms with van der Waals surface area (Å²) in [6, 6.07) is 0.571. The number of amidine groups is 1. The molecule has 1 aliphatic rings. The Kier molecular flexibility index (Phi) is 6.92. The van der Waals surface area contributed by atoms with E-state index in [1.54, 1.807) is 26.0 Å². The Balaban J connectivity index is 2.31. The maximum absolute atomic E-state index is 5.27. The van der Waals surface area contributed by atoms with Gasteiger partial charge in [0.1, 0.15) is 0 Å². The highest BCUT2D eigenvalue weighted by atomic mass is 32.2. The molecule has 2 unspecified atom stereocenters. The normalized spacial score (nSPS) is 24.3. The average molecular weight is 260 g/mol. The zero-order chi connectivity index (χ0) is 12.7. The summed E-state index contributed by atoms with van der Waals surface area (Å²) in [6.45, 7) is 5.75. The molecule has 0 aliphatic carbocycles. The quantitative estimate of drug-likeness (QED) is 0.757. The molecule has 0 aromatic heterocycles. The Hall–Kier alpha value is -0.260. The molecule has 1 N–H and O–H groups in total. The van der Waals surface area contributed by atoms with Crippen molar-refractivity contribution in [3.63, 3.8) is 0 Å². The van der Waals surface area contributed by atoms with E-state index in [0.717, 1.165) is 16.8 Å². The first kappa shape index (κ1) is 14.8. The van der Waals surface area contributed by atoms with Crippen molar-refractivity contribution in [1.82, 2.24) is 5.32 Å². The second-order valence-corrected chi connectivity index (χ2v) is 5.75. The molecule has 0 spiro atoms. The fourth-order valence-electron chi connectivity index (χ4n) is 1.79. The summed E-state index contributed by atoms with van der Waals surface area (Å²) in [6.07, 6.45) is 1.26. The predicted octanol–water partition coefficient (Wildman–Crippen LogP) is 1.75. The van der Waals surface area contributed by atoms with Gasteiger partial charge in [-0.2, -0.15) is 0 Å². The third-order valence-corrected chi connectivity index (χ3v) is 3.72. The average Bonchev–Trinajstić information content (AvgIpc) is 2.71. The molecule has 0 aromatic rings. The van der Waals surface area contributed by atoms with Gasteiger partial charge in [-0.15, -0.1) is 0 Å². The molecule has 1 fully saturated rings. The molecule has 0 aromatic carbocycles. The summed E-state index contributed by atoms with van der Waals surface area (Å²) in [5.74, 6) is 1.85. The molecule has 1 aliphatic heterocycles. The summed E-state index contributed by atoms with van der Waals surface area (Å²) in [5, 5.41) is 4.51. The van der Waals surface area contributed by atoms with Crippen LogP contribution in [0.2, 0.25) is 0 Å². The number of thioether (sulfide) groups is 1. The standard InChI is InChI=1S/C12H24N2O2S/c1-9(2)5-10-8-17-12(14-10)13-6-11(16-4)7-15-3/h9-11H,5-8H2,1-4H3,(H,13,14). The van der Waals surface area contributed by atoms with Gasteiger partial charge in [0.05, 0.1) is 19.3 Å². The molecule has 2 atom stereocenters. The Morgan fingerprint density at radius 1 is 1.47 bits per heavy atom. The topological polar surface area (TPSA) is 42.8 Å². The van der Waals surface area contributed by atoms with Gasteiger partial charge in [0, 0.05) is 26.0 Å². The largest absolute Gasteiger partial charge is 0.382 e. The molecule has 1 heterocycles. The first-order chi connectivity index (χ1) is 8.15. The van der Waals surface area contributed by atoms with Gasteiger partial charge in [-0.1, -0.05) is 25.6 Å². The van der Waals surface area contributed by atoms with Crippen molar-refractivity contribution in [2.45, 2.75) is 32.4 Å². The number of ether oxygens (including phenoxy) is 2. The monoisotopic (exact) mass is 260 g/mol. The third kappa shape index (κ3) is 5.75. The first-order valence-electron chi connectivity index (χ1n) is 6.11. The Morgan fingerprint density at radius 2 is 2.24 bits per heavy atom. The van der Waals surface area contributed by atoms with E-state index in [2.05, 4.69) is 24.2 Å². The van der Waals surface area contributed by atoms with E-state index in [-0.39, 0.29) is 6.10 Å². The van der Waals surface area contributed by atoms with Gasteiger partial charge in [-0.05, 0) is 12.3 Å². The lowest BCUT2D eigenvalue weighted by atomic mass is 10.1. The van der Waals surface area contributed by atoms with Crippen LogP contribution in [0.3, 0.4) is 0 Å². The van der Waals surface area contributed by atoms with E-state index >= 15 is 0 Å². The molecule has 0 amide bonds. The van der Waals surface area contributed by atoms with Crippen LogP contribution in [0.25, 0.3) is 0 Å². The molecule has 1 rings (SSSR count). The maximum atomic E-state index is 5.27. The molecule has 100 valence electrons. The number of hydrogen-bond acceptors (Lipinski definition) is 4. The molecule has 0 saturated carbocycles. The highest BCUT2D eigenvalue weighted by Crippen LogP contribution is 2.19. The van der Waals surface area contributed by atoms with Crippen LogP contribution >= 0.6 is 11.8 Å². The number of aliphatic imine (C=N–C) groups is 1. The van der Waals surface area contributed by atoms with Crippen molar-refractivity contribution >= 4 is 16.9 Å². The number of methoxy groups -OCH3 is 2. The van der Waals surface area contributed by atoms with Crippen LogP contribution in [-0.2, 0) is 9.47 Å². The minimum Gasteiger partial charge on any atom is -0.382 e. The van der Waals surface area contributed by atoms with Crippen LogP contribution in [0.5, 0.6) is 0 Å². The lowest BCUT2D eigenvalue weighted by Gasteiger charge is -2.13. The van der Waals surface area contributed by atoms with Crippen molar-refractivity contribution in [2.75, 3.05) is 33.1 Å². The fourth-order valence-corrected chi connectivity index (χ4v) is 2.78. The number of nitrogens with zero attached hydrogens (tertiary/aromatic N) is 1. The highest BCUT2D eigenvalue weighted by Gasteiger charge is 2.21. The molecule has 0 radical (unpaired) electrons. The summed E-state index contributed by atoms with van der Waals surface area (Å²) in [7, 11) is 3.38. The van der Waals surface area contributed by atoms with Gasteiger partial charge >= 0.3 is 0 Å². The van der Waals surface area contributed by atoms with Crippen LogP contribution < -0.4 is 5.32 Å². The summed E-state index contributed by atoms with van der Waals surface area (Å²) in [5.41, 5.74) is 0. The van der Waals surface area contributed by atoms with Gasteiger partial charge in [0.25, 0.3) is 0 Å². The smallest absolute Gasteiger partial charge is 0.156 e. The van der Waals surface area contributed by atoms with Crippen molar-refractivity contribution in [1.29, 1.82) is 0 Å². The zero-order valence-corrected chi connectivity index (χ0v) is 12.0. The molecule has 5 heteroatoms. The first-order valence-corrected chi connectivity index (χ1v) is 7.09. The van der Waals surface area contributed by atoms with Crippen molar-refractivity contribution in [3.05, 3.63) is 0 Å². The predicted molar refractivity (Wildman–Crippen MR) is 73.8 cm³/mol. The van der Waals surface area contributed by atoms with Gasteiger partial charge in [0.2, 0.25) is 0 Å². The van der Waals surface area contributed by atoms with Crippen molar-refractivity contribution in [3.8, 4) is 0 Å². The third-order valence-electron chi connectivity index (χ3n) is 2.63. The SMILES string of the molecule is COCC(CN=C1NC(CC(C)C)CS1)OC. The molecule has 17 heavy (non-hydrogen) atoms. The fraction of sp³-hybridized carbons (Fsp3) is 0.917. The molecular weight excluding hydrogens is 236 g/mol. The number of nitrogens with one attached hydrogen (secondary N) is 1. The van der Waals surface area contributed by atoms with E-state index in [0.29, 0.717) is 19.2 Å². The van der Waals surface area contributed by atoms with Gasteiger partial charge in [-0.25, -0.2) is 0 Å². The van der Waals surface area contributed by atoms with E-state index in [1.165, 1.54) is 6.42 Å². The van der Waals surface area contributed by atoms with Crippen LogP contribution in [0.1, 0.15) is 20.3 Å². The van der Waals surface area contributed by atoms with Crippen LogP contribution in [0.4, 0.5) is 0 Å². The zero-order valence-electron chi connectivity index (χ0n) is 11.2. The minimum absolute atomic E-state index is 0.0547. The molecule has 0 bridgehead atoms. The molecular formula is C12H24N2O2S. The van der Waals surface area contributed by atoms with Gasteiger partial charge < -0.3 is 14.8 Å². The Labute approximate surface area is 109 Å². The van der Waals surface area contributed by atoms with Crippen LogP contribution in [-0.4, -0.2) is 50.4 Å². The summed E-state index contributed by atoms with van der Waals surface area (Å²) in [4.78, 5) is 4.53. The van der Waals surface area contributed by atoms with E-state index < -0.39 is 0 Å². The molecule has 4 nitrogen and oxygen atoms in total. The van der Waals surface area contributed by atoms with E-state index in [1.807, 2.05) is 0 Å². The number of rotatable bonds is 7. The second kappa shape index (κ2) is 7.95. The van der Waals surface area contributed by atoms with Gasteiger partial charge in [0.15, 0.2) is 5.17 Å². The lowest BCUT2D eigenvalue weighted by molar-refractivity contribution is 0.0344. The summed E-state index contributed by atoms with van der Waals surface area (Å²) >= 11 is 1.81. The second-order valence-electron chi connectivity index (χ2n) is 4.74.